The minimum absolute atomic E-state index is 0.0721. The van der Waals surface area contributed by atoms with Gasteiger partial charge >= 0.3 is 6.03 Å². The third-order valence-electron chi connectivity index (χ3n) is 4.44. The van der Waals surface area contributed by atoms with Crippen LogP contribution in [0.25, 0.3) is 0 Å². The summed E-state index contributed by atoms with van der Waals surface area (Å²) < 4.78 is 5.73. The molecule has 1 unspecified atom stereocenters. The van der Waals surface area contributed by atoms with E-state index in [2.05, 4.69) is 15.5 Å². The lowest BCUT2D eigenvalue weighted by Gasteiger charge is -2.33. The second kappa shape index (κ2) is 8.75. The van der Waals surface area contributed by atoms with E-state index in [9.17, 15) is 9.59 Å². The summed E-state index contributed by atoms with van der Waals surface area (Å²) in [5, 5.41) is 5.59. The zero-order valence-electron chi connectivity index (χ0n) is 16.4. The lowest BCUT2D eigenvalue weighted by atomic mass is 10.1. The van der Waals surface area contributed by atoms with Gasteiger partial charge in [0, 0.05) is 17.9 Å². The van der Waals surface area contributed by atoms with Crippen LogP contribution in [-0.4, -0.2) is 50.1 Å². The Balaban J connectivity index is 1.74. The fraction of sp³-hybridized carbons (Fsp3) is 0.333. The Kier molecular flexibility index (Phi) is 6.16. The topological polar surface area (TPSA) is 73.9 Å². The van der Waals surface area contributed by atoms with Gasteiger partial charge in [0.05, 0.1) is 5.69 Å². The molecule has 1 aliphatic heterocycles. The van der Waals surface area contributed by atoms with E-state index >= 15 is 0 Å². The minimum Gasteiger partial charge on any atom is -0.479 e. The normalized spacial score (nSPS) is 15.8. The first-order chi connectivity index (χ1) is 13.4. The second-order valence-corrected chi connectivity index (χ2v) is 7.03. The molecule has 0 saturated heterocycles. The number of fused-ring (bicyclic) bond motifs is 1. The number of hydrogen-bond acceptors (Lipinski definition) is 4. The Bertz CT molecular complexity index is 839. The lowest BCUT2D eigenvalue weighted by molar-refractivity contribution is -0.125. The van der Waals surface area contributed by atoms with Gasteiger partial charge in [-0.2, -0.15) is 0 Å². The van der Waals surface area contributed by atoms with Gasteiger partial charge < -0.3 is 25.2 Å². The van der Waals surface area contributed by atoms with E-state index in [4.69, 9.17) is 4.74 Å². The molecule has 28 heavy (non-hydrogen) atoms. The molecule has 0 fully saturated rings. The van der Waals surface area contributed by atoms with E-state index in [-0.39, 0.29) is 11.9 Å². The van der Waals surface area contributed by atoms with Crippen molar-refractivity contribution in [2.24, 2.45) is 0 Å². The molecule has 2 aromatic carbocycles. The lowest BCUT2D eigenvalue weighted by Crippen LogP contribution is -2.45. The maximum atomic E-state index is 12.6. The predicted octanol–water partition coefficient (Wildman–Crippen LogP) is 3.40. The van der Waals surface area contributed by atoms with Crippen molar-refractivity contribution < 1.29 is 14.3 Å². The Hall–Kier alpha value is -3.06. The molecule has 0 spiro atoms. The molecule has 1 heterocycles. The smallest absolute Gasteiger partial charge is 0.323 e. The number of anilines is 3. The average Bonchev–Trinajstić information content (AvgIpc) is 2.66. The van der Waals surface area contributed by atoms with E-state index in [0.29, 0.717) is 29.4 Å². The van der Waals surface area contributed by atoms with Crippen LogP contribution >= 0.6 is 0 Å². The number of urea groups is 1. The van der Waals surface area contributed by atoms with Crippen LogP contribution in [0.1, 0.15) is 13.3 Å². The van der Waals surface area contributed by atoms with Crippen LogP contribution in [0.3, 0.4) is 0 Å². The van der Waals surface area contributed by atoms with Crippen molar-refractivity contribution in [3.05, 3.63) is 48.5 Å². The van der Waals surface area contributed by atoms with E-state index < -0.39 is 6.10 Å². The number of carbonyl (C=O) groups is 2. The molecule has 0 saturated carbocycles. The first-order valence-electron chi connectivity index (χ1n) is 9.34. The maximum absolute atomic E-state index is 12.6. The largest absolute Gasteiger partial charge is 0.479 e. The highest BCUT2D eigenvalue weighted by atomic mass is 16.5. The molecule has 1 aliphatic rings. The summed E-state index contributed by atoms with van der Waals surface area (Å²) in [4.78, 5) is 28.7. The average molecular weight is 382 g/mol. The second-order valence-electron chi connectivity index (χ2n) is 7.03. The summed E-state index contributed by atoms with van der Waals surface area (Å²) in [6, 6.07) is 14.2. The van der Waals surface area contributed by atoms with Crippen molar-refractivity contribution in [2.45, 2.75) is 19.4 Å². The number of amides is 3. The van der Waals surface area contributed by atoms with Gasteiger partial charge in [-0.05, 0) is 64.3 Å². The SMILES string of the molecule is CC1Oc2ccc(NC(=O)Nc3ccccc3)cc2N(CCCN(C)C)C1=O. The zero-order valence-corrected chi connectivity index (χ0v) is 16.4. The summed E-state index contributed by atoms with van der Waals surface area (Å²) in [6.45, 7) is 3.23. The number of rotatable bonds is 6. The molecule has 0 aliphatic carbocycles. The molecule has 1 atom stereocenters. The first kappa shape index (κ1) is 19.7. The monoisotopic (exact) mass is 382 g/mol. The molecule has 0 bridgehead atoms. The molecule has 0 radical (unpaired) electrons. The van der Waals surface area contributed by atoms with E-state index in [1.807, 2.05) is 44.4 Å². The number of hydrogen-bond donors (Lipinski definition) is 2. The zero-order chi connectivity index (χ0) is 20.1. The number of ether oxygens (including phenoxy) is 1. The maximum Gasteiger partial charge on any atom is 0.323 e. The van der Waals surface area contributed by atoms with Gasteiger partial charge in [-0.1, -0.05) is 18.2 Å². The van der Waals surface area contributed by atoms with Crippen molar-refractivity contribution >= 4 is 29.0 Å². The molecule has 148 valence electrons. The summed E-state index contributed by atoms with van der Waals surface area (Å²) in [7, 11) is 4.01. The summed E-state index contributed by atoms with van der Waals surface area (Å²) in [6.07, 6.45) is 0.323. The van der Waals surface area contributed by atoms with Crippen molar-refractivity contribution in [1.29, 1.82) is 0 Å². The van der Waals surface area contributed by atoms with Crippen LogP contribution in [0.15, 0.2) is 48.5 Å². The molecule has 0 aromatic heterocycles. The van der Waals surface area contributed by atoms with Gasteiger partial charge in [0.15, 0.2) is 6.10 Å². The molecule has 2 N–H and O–H groups in total. The van der Waals surface area contributed by atoms with Crippen LogP contribution in [0.4, 0.5) is 21.9 Å². The molecule has 2 aromatic rings. The van der Waals surface area contributed by atoms with E-state index in [0.717, 1.165) is 13.0 Å². The van der Waals surface area contributed by atoms with Crippen LogP contribution in [0.2, 0.25) is 0 Å². The number of nitrogens with zero attached hydrogens (tertiary/aromatic N) is 2. The first-order valence-corrected chi connectivity index (χ1v) is 9.34. The fourth-order valence-corrected chi connectivity index (χ4v) is 3.08. The highest BCUT2D eigenvalue weighted by Crippen LogP contribution is 2.36. The van der Waals surface area contributed by atoms with Gasteiger partial charge in [0.1, 0.15) is 5.75 Å². The third kappa shape index (κ3) is 4.80. The Morgan fingerprint density at radius 2 is 1.82 bits per heavy atom. The molecule has 7 nitrogen and oxygen atoms in total. The molecule has 3 amide bonds. The molecule has 7 heteroatoms. The van der Waals surface area contributed by atoms with Gasteiger partial charge in [-0.15, -0.1) is 0 Å². The van der Waals surface area contributed by atoms with Crippen molar-refractivity contribution in [1.82, 2.24) is 4.90 Å². The fourth-order valence-electron chi connectivity index (χ4n) is 3.08. The van der Waals surface area contributed by atoms with Gasteiger partial charge in [0.2, 0.25) is 0 Å². The highest BCUT2D eigenvalue weighted by Gasteiger charge is 2.31. The van der Waals surface area contributed by atoms with Crippen LogP contribution in [0, 0.1) is 0 Å². The minimum atomic E-state index is -0.521. The standard InChI is InChI=1S/C21H26N4O3/c1-15-20(26)25(13-7-12-24(2)3)18-14-17(10-11-19(18)28-15)23-21(27)22-16-8-5-4-6-9-16/h4-6,8-11,14-15H,7,12-13H2,1-3H3,(H2,22,23,27). The molecular formula is C21H26N4O3. The number of para-hydroxylation sites is 1. The van der Waals surface area contributed by atoms with Crippen LogP contribution in [-0.2, 0) is 4.79 Å². The van der Waals surface area contributed by atoms with Crippen LogP contribution in [0.5, 0.6) is 5.75 Å². The Labute approximate surface area is 165 Å². The number of carbonyl (C=O) groups excluding carboxylic acids is 2. The predicted molar refractivity (Wildman–Crippen MR) is 111 cm³/mol. The van der Waals surface area contributed by atoms with Gasteiger partial charge in [-0.25, -0.2) is 4.79 Å². The Morgan fingerprint density at radius 1 is 1.11 bits per heavy atom. The van der Waals surface area contributed by atoms with Crippen molar-refractivity contribution in [2.75, 3.05) is 42.7 Å². The van der Waals surface area contributed by atoms with E-state index in [1.165, 1.54) is 0 Å². The van der Waals surface area contributed by atoms with E-state index in [1.54, 1.807) is 30.0 Å². The van der Waals surface area contributed by atoms with Crippen LogP contribution < -0.4 is 20.3 Å². The highest BCUT2D eigenvalue weighted by molar-refractivity contribution is 6.03. The molecule has 3 rings (SSSR count). The Morgan fingerprint density at radius 3 is 2.54 bits per heavy atom. The quantitative estimate of drug-likeness (QED) is 0.803. The third-order valence-corrected chi connectivity index (χ3v) is 4.44. The van der Waals surface area contributed by atoms with Crippen molar-refractivity contribution in [3.63, 3.8) is 0 Å². The number of nitrogens with one attached hydrogen (secondary N) is 2. The van der Waals surface area contributed by atoms with Crippen molar-refractivity contribution in [3.8, 4) is 5.75 Å². The summed E-state index contributed by atoms with van der Waals surface area (Å²) >= 11 is 0. The van der Waals surface area contributed by atoms with Gasteiger partial charge in [0.25, 0.3) is 5.91 Å². The molecular weight excluding hydrogens is 356 g/mol. The summed E-state index contributed by atoms with van der Waals surface area (Å²) in [5.41, 5.74) is 1.98. The van der Waals surface area contributed by atoms with Gasteiger partial charge in [-0.3, -0.25) is 4.79 Å². The summed E-state index contributed by atoms with van der Waals surface area (Å²) in [5.74, 6) is 0.572. The number of benzene rings is 2.